The highest BCUT2D eigenvalue weighted by Gasteiger charge is 2.06. The van der Waals surface area contributed by atoms with Gasteiger partial charge in [0, 0.05) is 6.04 Å². The number of rotatable bonds is 4. The molecule has 2 heteroatoms. The smallest absolute Gasteiger partial charge is 0.130 e. The number of benzene rings is 2. The van der Waals surface area contributed by atoms with Crippen LogP contribution in [0.5, 0.6) is 11.5 Å². The van der Waals surface area contributed by atoms with E-state index in [9.17, 15) is 0 Å². The molecule has 0 saturated heterocycles. The zero-order valence-corrected chi connectivity index (χ0v) is 9.97. The number of para-hydroxylation sites is 2. The van der Waals surface area contributed by atoms with Crippen molar-refractivity contribution >= 4 is 0 Å². The Labute approximate surface area is 102 Å². The van der Waals surface area contributed by atoms with Gasteiger partial charge in [-0.2, -0.15) is 0 Å². The van der Waals surface area contributed by atoms with E-state index in [0.29, 0.717) is 0 Å². The molecule has 1 atom stereocenters. The fourth-order valence-corrected chi connectivity index (χ4v) is 1.73. The van der Waals surface area contributed by atoms with Crippen molar-refractivity contribution in [1.82, 2.24) is 0 Å². The lowest BCUT2D eigenvalue weighted by molar-refractivity contribution is 0.474. The Bertz CT molecular complexity index is 465. The van der Waals surface area contributed by atoms with E-state index in [2.05, 4.69) is 6.07 Å². The monoisotopic (exact) mass is 227 g/mol. The van der Waals surface area contributed by atoms with Crippen molar-refractivity contribution in [1.29, 1.82) is 0 Å². The summed E-state index contributed by atoms with van der Waals surface area (Å²) in [6.45, 7) is 2.00. The highest BCUT2D eigenvalue weighted by Crippen LogP contribution is 2.25. The van der Waals surface area contributed by atoms with Gasteiger partial charge in [0.25, 0.3) is 0 Å². The van der Waals surface area contributed by atoms with E-state index in [0.717, 1.165) is 23.5 Å². The Hall–Kier alpha value is -1.80. The topological polar surface area (TPSA) is 35.2 Å². The fraction of sp³-hybridized carbons (Fsp3) is 0.200. The quantitative estimate of drug-likeness (QED) is 0.869. The van der Waals surface area contributed by atoms with Gasteiger partial charge in [0.15, 0.2) is 0 Å². The summed E-state index contributed by atoms with van der Waals surface area (Å²) in [5.74, 6) is 1.74. The highest BCUT2D eigenvalue weighted by atomic mass is 16.5. The van der Waals surface area contributed by atoms with Gasteiger partial charge in [0.2, 0.25) is 0 Å². The zero-order valence-electron chi connectivity index (χ0n) is 9.97. The van der Waals surface area contributed by atoms with Crippen molar-refractivity contribution in [2.24, 2.45) is 5.73 Å². The lowest BCUT2D eigenvalue weighted by Crippen LogP contribution is -2.18. The second kappa shape index (κ2) is 5.51. The molecule has 0 aliphatic rings. The predicted molar refractivity (Wildman–Crippen MR) is 70.3 cm³/mol. The first-order valence-electron chi connectivity index (χ1n) is 5.82. The molecule has 17 heavy (non-hydrogen) atoms. The Balaban J connectivity index is 2.20. The minimum absolute atomic E-state index is 0.135. The molecule has 2 rings (SSSR count). The van der Waals surface area contributed by atoms with Crippen LogP contribution in [-0.4, -0.2) is 6.04 Å². The summed E-state index contributed by atoms with van der Waals surface area (Å²) in [6.07, 6.45) is 0.822. The summed E-state index contributed by atoms with van der Waals surface area (Å²) in [7, 11) is 0. The largest absolute Gasteiger partial charge is 0.457 e. The minimum atomic E-state index is 0.135. The first-order valence-corrected chi connectivity index (χ1v) is 5.82. The van der Waals surface area contributed by atoms with Crippen molar-refractivity contribution < 1.29 is 4.74 Å². The molecule has 0 unspecified atom stereocenters. The number of hydrogen-bond donors (Lipinski definition) is 1. The number of nitrogens with two attached hydrogens (primary N) is 1. The Kier molecular flexibility index (Phi) is 3.78. The molecule has 2 nitrogen and oxygen atoms in total. The average Bonchev–Trinajstić information content (AvgIpc) is 2.32. The van der Waals surface area contributed by atoms with Crippen molar-refractivity contribution in [3.63, 3.8) is 0 Å². The second-order valence-corrected chi connectivity index (χ2v) is 4.20. The molecular formula is C15H17NO. The van der Waals surface area contributed by atoms with Crippen LogP contribution in [0.2, 0.25) is 0 Å². The standard InChI is InChI=1S/C15H17NO/c1-12(16)11-13-7-5-6-10-15(13)17-14-8-3-2-4-9-14/h2-10,12H,11,16H2,1H3/t12-/m1/s1. The van der Waals surface area contributed by atoms with Crippen molar-refractivity contribution in [2.45, 2.75) is 19.4 Å². The molecule has 2 N–H and O–H groups in total. The van der Waals surface area contributed by atoms with E-state index in [1.54, 1.807) is 0 Å². The fourth-order valence-electron chi connectivity index (χ4n) is 1.73. The van der Waals surface area contributed by atoms with Crippen LogP contribution in [0.4, 0.5) is 0 Å². The minimum Gasteiger partial charge on any atom is -0.457 e. The number of hydrogen-bond acceptors (Lipinski definition) is 2. The summed E-state index contributed by atoms with van der Waals surface area (Å²) in [4.78, 5) is 0. The van der Waals surface area contributed by atoms with E-state index in [4.69, 9.17) is 10.5 Å². The third kappa shape index (κ3) is 3.33. The predicted octanol–water partition coefficient (Wildman–Crippen LogP) is 3.37. The average molecular weight is 227 g/mol. The second-order valence-electron chi connectivity index (χ2n) is 4.20. The third-order valence-electron chi connectivity index (χ3n) is 2.49. The molecule has 0 spiro atoms. The molecule has 88 valence electrons. The first-order chi connectivity index (χ1) is 8.25. The van der Waals surface area contributed by atoms with E-state index in [1.165, 1.54) is 0 Å². The maximum absolute atomic E-state index is 5.85. The zero-order chi connectivity index (χ0) is 12.1. The van der Waals surface area contributed by atoms with E-state index >= 15 is 0 Å². The Morgan fingerprint density at radius 2 is 1.65 bits per heavy atom. The lowest BCUT2D eigenvalue weighted by Gasteiger charge is -2.12. The van der Waals surface area contributed by atoms with E-state index in [1.807, 2.05) is 55.5 Å². The molecule has 2 aromatic carbocycles. The molecular weight excluding hydrogens is 210 g/mol. The highest BCUT2D eigenvalue weighted by molar-refractivity contribution is 5.38. The van der Waals surface area contributed by atoms with Gasteiger partial charge < -0.3 is 10.5 Å². The van der Waals surface area contributed by atoms with Crippen molar-refractivity contribution in [2.75, 3.05) is 0 Å². The maximum atomic E-state index is 5.85. The Morgan fingerprint density at radius 3 is 2.35 bits per heavy atom. The van der Waals surface area contributed by atoms with Crippen LogP contribution >= 0.6 is 0 Å². The van der Waals surface area contributed by atoms with Crippen LogP contribution in [0.25, 0.3) is 0 Å². The van der Waals surface area contributed by atoms with Gasteiger partial charge in [-0.25, -0.2) is 0 Å². The van der Waals surface area contributed by atoms with Crippen molar-refractivity contribution in [3.8, 4) is 11.5 Å². The van der Waals surface area contributed by atoms with Crippen LogP contribution in [-0.2, 0) is 6.42 Å². The van der Waals surface area contributed by atoms with Gasteiger partial charge in [-0.1, -0.05) is 36.4 Å². The first kappa shape index (κ1) is 11.7. The van der Waals surface area contributed by atoms with Crippen LogP contribution in [0.3, 0.4) is 0 Å². The number of ether oxygens (including phenoxy) is 1. The molecule has 0 fully saturated rings. The van der Waals surface area contributed by atoms with Gasteiger partial charge >= 0.3 is 0 Å². The summed E-state index contributed by atoms with van der Waals surface area (Å²) in [5.41, 5.74) is 6.98. The van der Waals surface area contributed by atoms with Gasteiger partial charge in [-0.15, -0.1) is 0 Å². The van der Waals surface area contributed by atoms with E-state index in [-0.39, 0.29) is 6.04 Å². The normalized spacial score (nSPS) is 12.1. The van der Waals surface area contributed by atoms with Crippen LogP contribution in [0, 0.1) is 0 Å². The van der Waals surface area contributed by atoms with E-state index < -0.39 is 0 Å². The summed E-state index contributed by atoms with van der Waals surface area (Å²) < 4.78 is 5.85. The molecule has 0 aliphatic heterocycles. The van der Waals surface area contributed by atoms with Gasteiger partial charge in [-0.05, 0) is 37.1 Å². The van der Waals surface area contributed by atoms with Gasteiger partial charge in [-0.3, -0.25) is 0 Å². The summed E-state index contributed by atoms with van der Waals surface area (Å²) in [5, 5.41) is 0. The lowest BCUT2D eigenvalue weighted by atomic mass is 10.1. The SMILES string of the molecule is C[C@@H](N)Cc1ccccc1Oc1ccccc1. The maximum Gasteiger partial charge on any atom is 0.130 e. The summed E-state index contributed by atoms with van der Waals surface area (Å²) >= 11 is 0. The molecule has 0 aliphatic carbocycles. The molecule has 0 bridgehead atoms. The van der Waals surface area contributed by atoms with Crippen LogP contribution in [0.1, 0.15) is 12.5 Å². The Morgan fingerprint density at radius 1 is 1.00 bits per heavy atom. The van der Waals surface area contributed by atoms with Crippen LogP contribution in [0.15, 0.2) is 54.6 Å². The van der Waals surface area contributed by atoms with Crippen LogP contribution < -0.4 is 10.5 Å². The molecule has 0 amide bonds. The summed E-state index contributed by atoms with van der Waals surface area (Å²) in [6, 6.07) is 17.9. The molecule has 2 aromatic rings. The van der Waals surface area contributed by atoms with Crippen molar-refractivity contribution in [3.05, 3.63) is 60.2 Å². The van der Waals surface area contributed by atoms with Gasteiger partial charge in [0.1, 0.15) is 11.5 Å². The van der Waals surface area contributed by atoms with Gasteiger partial charge in [0.05, 0.1) is 0 Å². The molecule has 0 heterocycles. The molecule has 0 radical (unpaired) electrons. The molecule has 0 aromatic heterocycles. The molecule has 0 saturated carbocycles. The third-order valence-corrected chi connectivity index (χ3v) is 2.49.